The van der Waals surface area contributed by atoms with Crippen LogP contribution in [0.4, 0.5) is 10.5 Å². The number of carbonyl (C=O) groups is 2. The third-order valence-electron chi connectivity index (χ3n) is 5.65. The Kier molecular flexibility index (Phi) is 4.55. The fourth-order valence-corrected chi connectivity index (χ4v) is 4.13. The minimum Gasteiger partial charge on any atom is -0.444 e. The van der Waals surface area contributed by atoms with Crippen LogP contribution in [0, 0.1) is 0 Å². The van der Waals surface area contributed by atoms with E-state index in [0.717, 1.165) is 17.1 Å². The summed E-state index contributed by atoms with van der Waals surface area (Å²) in [6.07, 6.45) is 0.842. The molecule has 1 spiro atoms. The average Bonchev–Trinajstić information content (AvgIpc) is 2.85. The molecule has 3 heterocycles. The second-order valence-electron chi connectivity index (χ2n) is 8.82. The average molecular weight is 400 g/mol. The number of rotatable bonds is 2. The van der Waals surface area contributed by atoms with Gasteiger partial charge in [-0.1, -0.05) is 0 Å². The zero-order valence-electron chi connectivity index (χ0n) is 17.4. The van der Waals surface area contributed by atoms with Crippen molar-refractivity contribution in [1.29, 1.82) is 0 Å². The summed E-state index contributed by atoms with van der Waals surface area (Å²) < 4.78 is 5.50. The Morgan fingerprint density at radius 3 is 2.31 bits per heavy atom. The minimum absolute atomic E-state index is 0.111. The molecule has 4 rings (SSSR count). The van der Waals surface area contributed by atoms with E-state index in [-0.39, 0.29) is 12.0 Å². The van der Waals surface area contributed by atoms with Crippen molar-refractivity contribution in [3.05, 3.63) is 24.3 Å². The van der Waals surface area contributed by atoms with Gasteiger partial charge in [0.25, 0.3) is 0 Å². The number of anilines is 1. The number of hydrogen-bond donors (Lipinski definition) is 2. The van der Waals surface area contributed by atoms with E-state index in [0.29, 0.717) is 32.6 Å². The third-order valence-corrected chi connectivity index (χ3v) is 5.65. The lowest BCUT2D eigenvalue weighted by atomic mass is 9.85. The molecule has 0 atom stereocenters. The molecule has 2 aliphatic rings. The maximum atomic E-state index is 13.1. The molecule has 0 bridgehead atoms. The highest BCUT2D eigenvalue weighted by atomic mass is 16.6. The van der Waals surface area contributed by atoms with Gasteiger partial charge in [-0.2, -0.15) is 0 Å². The fraction of sp³-hybridized carbons (Fsp3) is 0.550. The molecule has 2 aliphatic heterocycles. The van der Waals surface area contributed by atoms with Gasteiger partial charge in [0.1, 0.15) is 11.1 Å². The summed E-state index contributed by atoms with van der Waals surface area (Å²) in [6.45, 7) is 7.10. The predicted molar refractivity (Wildman–Crippen MR) is 108 cm³/mol. The lowest BCUT2D eigenvalue weighted by Crippen LogP contribution is -2.57. The Morgan fingerprint density at radius 2 is 1.79 bits per heavy atom. The van der Waals surface area contributed by atoms with Gasteiger partial charge in [-0.15, -0.1) is 5.10 Å². The largest absolute Gasteiger partial charge is 0.444 e. The number of H-pyrrole nitrogens is 2. The number of likely N-dealkylation sites (N-methyl/N-ethyl adjacent to an activating group) is 1. The summed E-state index contributed by atoms with van der Waals surface area (Å²) in [5, 5.41) is 9.63. The highest BCUT2D eigenvalue weighted by Gasteiger charge is 2.53. The van der Waals surface area contributed by atoms with Crippen molar-refractivity contribution in [2.75, 3.05) is 31.7 Å². The molecule has 9 nitrogen and oxygen atoms in total. The molecule has 2 N–H and O–H groups in total. The number of carbonyl (C=O) groups excluding carboxylic acids is 2. The number of nitrogens with zero attached hydrogens (tertiary/aromatic N) is 4. The Balaban J connectivity index is 1.52. The van der Waals surface area contributed by atoms with Gasteiger partial charge in [0.2, 0.25) is 5.91 Å². The summed E-state index contributed by atoms with van der Waals surface area (Å²) in [5.74, 6) is 0.909. The first kappa shape index (κ1) is 19.4. The normalized spacial score (nSPS) is 19.3. The van der Waals surface area contributed by atoms with Gasteiger partial charge in [-0.25, -0.2) is 10.0 Å². The van der Waals surface area contributed by atoms with Gasteiger partial charge in [0.15, 0.2) is 5.82 Å². The molecule has 0 unspecified atom stereocenters. The van der Waals surface area contributed by atoms with Gasteiger partial charge in [-0.05, 0) is 57.9 Å². The van der Waals surface area contributed by atoms with Crippen LogP contribution in [0.3, 0.4) is 0 Å². The van der Waals surface area contributed by atoms with E-state index >= 15 is 0 Å². The van der Waals surface area contributed by atoms with E-state index in [1.54, 1.807) is 9.80 Å². The first-order valence-electron chi connectivity index (χ1n) is 9.90. The smallest absolute Gasteiger partial charge is 0.410 e. The second kappa shape index (κ2) is 6.82. The molecular weight excluding hydrogens is 372 g/mol. The predicted octanol–water partition coefficient (Wildman–Crippen LogP) is 2.41. The molecule has 29 heavy (non-hydrogen) atoms. The van der Waals surface area contributed by atoms with Crippen LogP contribution in [0.25, 0.3) is 11.4 Å². The molecule has 2 amide bonds. The lowest BCUT2D eigenvalue weighted by molar-refractivity contribution is -0.132. The maximum Gasteiger partial charge on any atom is 0.410 e. The number of aromatic amines is 2. The number of amides is 2. The Morgan fingerprint density at radius 1 is 1.17 bits per heavy atom. The number of piperidine rings is 1. The number of nitrogens with one attached hydrogen (secondary N) is 2. The number of hydrogen-bond acceptors (Lipinski definition) is 5. The minimum atomic E-state index is -0.622. The molecule has 0 saturated carbocycles. The quantitative estimate of drug-likeness (QED) is 0.807. The van der Waals surface area contributed by atoms with E-state index in [9.17, 15) is 9.59 Å². The second-order valence-corrected chi connectivity index (χ2v) is 8.82. The van der Waals surface area contributed by atoms with E-state index in [1.165, 1.54) is 0 Å². The lowest BCUT2D eigenvalue weighted by Gasteiger charge is -2.43. The highest BCUT2D eigenvalue weighted by Crippen LogP contribution is 2.39. The summed E-state index contributed by atoms with van der Waals surface area (Å²) in [5.41, 5.74) is 0.825. The number of benzene rings is 1. The van der Waals surface area contributed by atoms with E-state index in [2.05, 4.69) is 20.3 Å². The van der Waals surface area contributed by atoms with Crippen molar-refractivity contribution in [3.63, 3.8) is 0 Å². The fourth-order valence-electron chi connectivity index (χ4n) is 4.13. The topological polar surface area (TPSA) is 97.6 Å². The van der Waals surface area contributed by atoms with Gasteiger partial charge in [0.05, 0.1) is 6.67 Å². The van der Waals surface area contributed by atoms with E-state index < -0.39 is 11.1 Å². The monoisotopic (exact) mass is 400 g/mol. The molecule has 2 saturated heterocycles. The summed E-state index contributed by atoms with van der Waals surface area (Å²) in [6, 6.07) is 8.03. The Bertz CT molecular complexity index is 877. The molecule has 0 radical (unpaired) electrons. The van der Waals surface area contributed by atoms with Crippen molar-refractivity contribution in [1.82, 2.24) is 25.2 Å². The zero-order chi connectivity index (χ0) is 20.8. The van der Waals surface area contributed by atoms with Crippen molar-refractivity contribution >= 4 is 17.7 Å². The van der Waals surface area contributed by atoms with Gasteiger partial charge in [-0.3, -0.25) is 9.89 Å². The summed E-state index contributed by atoms with van der Waals surface area (Å²) in [4.78, 5) is 31.2. The van der Waals surface area contributed by atoms with Crippen LogP contribution in [0.1, 0.15) is 33.6 Å². The van der Waals surface area contributed by atoms with Crippen molar-refractivity contribution in [3.8, 4) is 11.4 Å². The Hall–Kier alpha value is -2.97. The Labute approximate surface area is 170 Å². The van der Waals surface area contributed by atoms with Crippen LogP contribution in [-0.4, -0.2) is 75.2 Å². The van der Waals surface area contributed by atoms with Gasteiger partial charge < -0.3 is 19.4 Å². The van der Waals surface area contributed by atoms with Crippen LogP contribution in [0.15, 0.2) is 24.3 Å². The molecule has 0 aliphatic carbocycles. The molecule has 9 heteroatoms. The van der Waals surface area contributed by atoms with Crippen molar-refractivity contribution in [2.24, 2.45) is 0 Å². The first-order chi connectivity index (χ1) is 13.7. The SMILES string of the molecule is CN1CN(c2ccc(-c3n[nH][nH]3)cc2)C2(CCN(C(=O)OC(C)(C)C)CC2)C1=O. The third kappa shape index (κ3) is 3.45. The van der Waals surface area contributed by atoms with E-state index in [4.69, 9.17) is 4.74 Å². The first-order valence-corrected chi connectivity index (χ1v) is 9.90. The van der Waals surface area contributed by atoms with Crippen LogP contribution in [0.5, 0.6) is 0 Å². The molecule has 1 aromatic carbocycles. The number of aromatic nitrogens is 3. The van der Waals surface area contributed by atoms with Gasteiger partial charge in [0, 0.05) is 31.4 Å². The summed E-state index contributed by atoms with van der Waals surface area (Å²) >= 11 is 0. The molecule has 2 fully saturated rings. The standard InChI is InChI=1S/C20H28N6O3/c1-19(2,3)29-18(28)25-11-9-20(10-12-25)17(27)24(4)13-26(20)15-7-5-14(6-8-15)16-21-23-22-16/h5-8,23H,9-13H2,1-4H3,(H,21,22). The highest BCUT2D eigenvalue weighted by molar-refractivity contribution is 5.93. The van der Waals surface area contributed by atoms with Gasteiger partial charge >= 0.3 is 6.09 Å². The van der Waals surface area contributed by atoms with Crippen LogP contribution >= 0.6 is 0 Å². The maximum absolute atomic E-state index is 13.1. The van der Waals surface area contributed by atoms with Crippen molar-refractivity contribution in [2.45, 2.75) is 44.8 Å². The number of likely N-dealkylation sites (tertiary alicyclic amines) is 1. The molecule has 1 aromatic heterocycles. The zero-order valence-corrected chi connectivity index (χ0v) is 17.4. The van der Waals surface area contributed by atoms with E-state index in [1.807, 2.05) is 52.1 Å². The molecular formula is C20H28N6O3. The molecule has 2 aromatic rings. The van der Waals surface area contributed by atoms with Crippen LogP contribution in [0.2, 0.25) is 0 Å². The van der Waals surface area contributed by atoms with Crippen LogP contribution in [-0.2, 0) is 9.53 Å². The van der Waals surface area contributed by atoms with Crippen LogP contribution < -0.4 is 4.90 Å². The van der Waals surface area contributed by atoms with Crippen molar-refractivity contribution < 1.29 is 14.3 Å². The number of ether oxygens (including phenoxy) is 1. The summed E-state index contributed by atoms with van der Waals surface area (Å²) in [7, 11) is 1.83. The molecule has 156 valence electrons.